The lowest BCUT2D eigenvalue weighted by Gasteiger charge is -2.29. The highest BCUT2D eigenvalue weighted by Crippen LogP contribution is 2.28. The Balaban J connectivity index is 1.39. The van der Waals surface area contributed by atoms with Crippen LogP contribution in [0.1, 0.15) is 40.0 Å². The molecule has 9 nitrogen and oxygen atoms in total. The summed E-state index contributed by atoms with van der Waals surface area (Å²) in [4.78, 5) is 53.6. The van der Waals surface area contributed by atoms with E-state index < -0.39 is 17.9 Å². The smallest absolute Gasteiger partial charge is 0.296 e. The van der Waals surface area contributed by atoms with Crippen LogP contribution in [0.15, 0.2) is 30.7 Å². The van der Waals surface area contributed by atoms with Crippen LogP contribution in [0.25, 0.3) is 0 Å². The molecule has 0 radical (unpaired) electrons. The Morgan fingerprint density at radius 3 is 2.90 bits per heavy atom. The second kappa shape index (κ2) is 7.83. The van der Waals surface area contributed by atoms with Crippen molar-refractivity contribution in [2.45, 2.75) is 32.0 Å². The summed E-state index contributed by atoms with van der Waals surface area (Å²) in [5.41, 5.74) is 2.65. The SMILES string of the molecule is Cn1cnc(C#CC(=O)NCc2ccc3c(c2)CN(C2CCC(=O)NC2=O)C3=O)c1. The van der Waals surface area contributed by atoms with Crippen LogP contribution in [0.3, 0.4) is 0 Å². The highest BCUT2D eigenvalue weighted by molar-refractivity contribution is 6.05. The minimum Gasteiger partial charge on any atom is -0.341 e. The minimum atomic E-state index is -0.646. The fourth-order valence-corrected chi connectivity index (χ4v) is 3.56. The number of fused-ring (bicyclic) bond motifs is 1. The number of benzene rings is 1. The van der Waals surface area contributed by atoms with Crippen molar-refractivity contribution in [2.24, 2.45) is 7.05 Å². The molecule has 1 unspecified atom stereocenters. The number of hydrogen-bond donors (Lipinski definition) is 2. The normalized spacial score (nSPS) is 17.8. The first-order chi connectivity index (χ1) is 14.4. The molecule has 1 aromatic heterocycles. The first-order valence-corrected chi connectivity index (χ1v) is 9.45. The van der Waals surface area contributed by atoms with E-state index in [9.17, 15) is 19.2 Å². The van der Waals surface area contributed by atoms with Crippen molar-refractivity contribution in [3.8, 4) is 11.8 Å². The molecule has 1 atom stereocenters. The van der Waals surface area contributed by atoms with Crippen LogP contribution in [0.2, 0.25) is 0 Å². The van der Waals surface area contributed by atoms with Gasteiger partial charge in [0.2, 0.25) is 11.8 Å². The Labute approximate surface area is 172 Å². The van der Waals surface area contributed by atoms with Gasteiger partial charge in [0.15, 0.2) is 0 Å². The second-order valence-electron chi connectivity index (χ2n) is 7.25. The molecule has 0 aliphatic carbocycles. The Morgan fingerprint density at radius 1 is 1.33 bits per heavy atom. The number of imide groups is 1. The van der Waals surface area contributed by atoms with Gasteiger partial charge in [-0.15, -0.1) is 0 Å². The summed E-state index contributed by atoms with van der Waals surface area (Å²) in [6.45, 7) is 0.553. The molecule has 152 valence electrons. The van der Waals surface area contributed by atoms with E-state index in [0.29, 0.717) is 24.2 Å². The molecule has 2 aliphatic rings. The Bertz CT molecular complexity index is 1120. The summed E-state index contributed by atoms with van der Waals surface area (Å²) in [6.07, 6.45) is 3.85. The number of nitrogens with one attached hydrogen (secondary N) is 2. The van der Waals surface area contributed by atoms with E-state index in [0.717, 1.165) is 11.1 Å². The Morgan fingerprint density at radius 2 is 2.17 bits per heavy atom. The molecule has 2 aromatic rings. The molecular formula is C21H19N5O4. The van der Waals surface area contributed by atoms with Crippen molar-refractivity contribution in [2.75, 3.05) is 0 Å². The van der Waals surface area contributed by atoms with Crippen LogP contribution >= 0.6 is 0 Å². The maximum atomic E-state index is 12.7. The summed E-state index contributed by atoms with van der Waals surface area (Å²) < 4.78 is 1.74. The largest absolute Gasteiger partial charge is 0.341 e. The maximum Gasteiger partial charge on any atom is 0.296 e. The zero-order valence-corrected chi connectivity index (χ0v) is 16.3. The molecule has 3 heterocycles. The number of aromatic nitrogens is 2. The number of nitrogens with zero attached hydrogens (tertiary/aromatic N) is 3. The summed E-state index contributed by atoms with van der Waals surface area (Å²) in [6, 6.07) is 4.65. The molecule has 2 aliphatic heterocycles. The van der Waals surface area contributed by atoms with E-state index in [1.807, 2.05) is 13.1 Å². The third kappa shape index (κ3) is 3.93. The van der Waals surface area contributed by atoms with Crippen molar-refractivity contribution in [1.82, 2.24) is 25.1 Å². The third-order valence-corrected chi connectivity index (χ3v) is 5.05. The fourth-order valence-electron chi connectivity index (χ4n) is 3.56. The van der Waals surface area contributed by atoms with Gasteiger partial charge in [0.05, 0.1) is 6.33 Å². The van der Waals surface area contributed by atoms with Gasteiger partial charge in [-0.2, -0.15) is 0 Å². The van der Waals surface area contributed by atoms with Gasteiger partial charge >= 0.3 is 0 Å². The van der Waals surface area contributed by atoms with Crippen molar-refractivity contribution < 1.29 is 19.2 Å². The van der Waals surface area contributed by atoms with E-state index >= 15 is 0 Å². The fraction of sp³-hybridized carbons (Fsp3) is 0.286. The number of amides is 4. The molecule has 1 saturated heterocycles. The van der Waals surface area contributed by atoms with Gasteiger partial charge < -0.3 is 14.8 Å². The standard InChI is InChI=1S/C21H19N5O4/c1-25-11-15(23-12-25)3-6-18(27)22-9-13-2-4-16-14(8-13)10-26(21(16)30)17-5-7-19(28)24-20(17)29/h2,4,8,11-12,17H,5,7,9-10H2,1H3,(H,22,27)(H,24,28,29). The van der Waals surface area contributed by atoms with E-state index in [4.69, 9.17) is 0 Å². The van der Waals surface area contributed by atoms with E-state index in [-0.39, 0.29) is 24.8 Å². The quantitative estimate of drug-likeness (QED) is 0.545. The number of piperidine rings is 1. The molecule has 2 N–H and O–H groups in total. The minimum absolute atomic E-state index is 0.216. The van der Waals surface area contributed by atoms with Gasteiger partial charge in [0, 0.05) is 44.2 Å². The second-order valence-corrected chi connectivity index (χ2v) is 7.25. The zero-order chi connectivity index (χ0) is 21.3. The van der Waals surface area contributed by atoms with E-state index in [1.165, 1.54) is 4.90 Å². The number of carbonyl (C=O) groups is 4. The first-order valence-electron chi connectivity index (χ1n) is 9.45. The highest BCUT2D eigenvalue weighted by Gasteiger charge is 2.38. The average Bonchev–Trinajstić information content (AvgIpc) is 3.27. The summed E-state index contributed by atoms with van der Waals surface area (Å²) in [7, 11) is 1.82. The van der Waals surface area contributed by atoms with E-state index in [2.05, 4.69) is 27.5 Å². The number of aryl methyl sites for hydroxylation is 1. The summed E-state index contributed by atoms with van der Waals surface area (Å²) in [5, 5.41) is 5.00. The lowest BCUT2D eigenvalue weighted by atomic mass is 10.0. The van der Waals surface area contributed by atoms with Crippen LogP contribution in [0.4, 0.5) is 0 Å². The zero-order valence-electron chi connectivity index (χ0n) is 16.3. The van der Waals surface area contributed by atoms with Crippen molar-refractivity contribution >= 4 is 23.6 Å². The molecule has 9 heteroatoms. The van der Waals surface area contributed by atoms with Gasteiger partial charge in [0.1, 0.15) is 11.7 Å². The lowest BCUT2D eigenvalue weighted by Crippen LogP contribution is -2.52. The molecule has 0 saturated carbocycles. The van der Waals surface area contributed by atoms with Gasteiger partial charge in [-0.1, -0.05) is 12.1 Å². The number of carbonyl (C=O) groups excluding carboxylic acids is 4. The highest BCUT2D eigenvalue weighted by atomic mass is 16.2. The first kappa shape index (κ1) is 19.4. The van der Waals surface area contributed by atoms with Gasteiger partial charge in [-0.3, -0.25) is 24.5 Å². The van der Waals surface area contributed by atoms with Gasteiger partial charge in [-0.25, -0.2) is 4.98 Å². The Hall–Kier alpha value is -3.93. The maximum absolute atomic E-state index is 12.7. The van der Waals surface area contributed by atoms with Crippen molar-refractivity contribution in [1.29, 1.82) is 0 Å². The number of hydrogen-bond acceptors (Lipinski definition) is 5. The van der Waals surface area contributed by atoms with Gasteiger partial charge in [0.25, 0.3) is 11.8 Å². The molecule has 0 bridgehead atoms. The monoisotopic (exact) mass is 405 g/mol. The predicted molar refractivity (Wildman–Crippen MR) is 104 cm³/mol. The van der Waals surface area contributed by atoms with Crippen molar-refractivity contribution in [3.63, 3.8) is 0 Å². The van der Waals surface area contributed by atoms with Crippen molar-refractivity contribution in [3.05, 3.63) is 53.1 Å². The van der Waals surface area contributed by atoms with Crippen LogP contribution in [-0.2, 0) is 34.5 Å². The van der Waals surface area contributed by atoms with Crippen LogP contribution in [-0.4, -0.2) is 44.1 Å². The molecule has 4 rings (SSSR count). The molecule has 4 amide bonds. The predicted octanol–water partition coefficient (Wildman–Crippen LogP) is -0.151. The number of imidazole rings is 1. The van der Waals surface area contributed by atoms with Crippen LogP contribution in [0, 0.1) is 11.8 Å². The molecule has 1 aromatic carbocycles. The molecule has 0 spiro atoms. The average molecular weight is 405 g/mol. The topological polar surface area (TPSA) is 113 Å². The third-order valence-electron chi connectivity index (χ3n) is 5.05. The lowest BCUT2D eigenvalue weighted by molar-refractivity contribution is -0.137. The molecular weight excluding hydrogens is 386 g/mol. The summed E-state index contributed by atoms with van der Waals surface area (Å²) >= 11 is 0. The number of rotatable bonds is 3. The summed E-state index contributed by atoms with van der Waals surface area (Å²) in [5.74, 6) is 3.77. The van der Waals surface area contributed by atoms with Crippen LogP contribution in [0.5, 0.6) is 0 Å². The van der Waals surface area contributed by atoms with Crippen LogP contribution < -0.4 is 10.6 Å². The molecule has 1 fully saturated rings. The van der Waals surface area contributed by atoms with Gasteiger partial charge in [-0.05, 0) is 29.5 Å². The Kier molecular flexibility index (Phi) is 5.06. The molecule has 30 heavy (non-hydrogen) atoms. The van der Waals surface area contributed by atoms with E-state index in [1.54, 1.807) is 29.2 Å².